The summed E-state index contributed by atoms with van der Waals surface area (Å²) in [7, 11) is 0. The number of phenols is 1. The van der Waals surface area contributed by atoms with E-state index in [9.17, 15) is 5.11 Å². The summed E-state index contributed by atoms with van der Waals surface area (Å²) in [4.78, 5) is 0. The van der Waals surface area contributed by atoms with E-state index in [1.807, 2.05) is 19.1 Å². The van der Waals surface area contributed by atoms with Crippen LogP contribution in [-0.2, 0) is 0 Å². The average Bonchev–Trinajstić information content (AvgIpc) is 2.09. The predicted octanol–water partition coefficient (Wildman–Crippen LogP) is 3.57. The molecule has 0 fully saturated rings. The second-order valence-electron chi connectivity index (χ2n) is 3.59. The van der Waals surface area contributed by atoms with Gasteiger partial charge in [0.1, 0.15) is 5.75 Å². The molecule has 1 aromatic rings. The minimum absolute atomic E-state index is 0.175. The Hall–Kier alpha value is 0.180. The van der Waals surface area contributed by atoms with Crippen LogP contribution < -0.4 is 5.73 Å². The molecule has 0 radical (unpaired) electrons. The number of hydrogen-bond donors (Lipinski definition) is 2. The Morgan fingerprint density at radius 1 is 1.53 bits per heavy atom. The van der Waals surface area contributed by atoms with Crippen LogP contribution in [0.2, 0.25) is 0 Å². The highest BCUT2D eigenvalue weighted by atomic mass is 127. The van der Waals surface area contributed by atoms with Crippen LogP contribution >= 0.6 is 45.2 Å². The molecule has 0 amide bonds. The largest absolute Gasteiger partial charge is 0.506 e. The Labute approximate surface area is 117 Å². The fourth-order valence-electron chi connectivity index (χ4n) is 1.35. The molecule has 1 aromatic carbocycles. The van der Waals surface area contributed by atoms with Crippen LogP contribution in [0.25, 0.3) is 0 Å². The van der Waals surface area contributed by atoms with Crippen molar-refractivity contribution in [1.29, 1.82) is 0 Å². The molecule has 4 heteroatoms. The molecule has 0 aliphatic rings. The molecule has 0 spiro atoms. The Morgan fingerprint density at radius 3 is 2.67 bits per heavy atom. The van der Waals surface area contributed by atoms with Crippen molar-refractivity contribution in [2.24, 2.45) is 5.73 Å². The van der Waals surface area contributed by atoms with E-state index in [4.69, 9.17) is 5.73 Å². The summed E-state index contributed by atoms with van der Waals surface area (Å²) in [5.74, 6) is 0.296. The van der Waals surface area contributed by atoms with Gasteiger partial charge in [0.2, 0.25) is 0 Å². The third-order valence-electron chi connectivity index (χ3n) is 2.03. The van der Waals surface area contributed by atoms with Crippen LogP contribution in [0.15, 0.2) is 24.3 Å². The molecule has 0 aliphatic carbocycles. The molecular weight excluding hydrogens is 416 g/mol. The van der Waals surface area contributed by atoms with Gasteiger partial charge < -0.3 is 10.8 Å². The van der Waals surface area contributed by atoms with Crippen molar-refractivity contribution >= 4 is 45.2 Å². The van der Waals surface area contributed by atoms with E-state index < -0.39 is 0 Å². The molecule has 0 saturated carbocycles. The van der Waals surface area contributed by atoms with E-state index in [-0.39, 0.29) is 6.04 Å². The van der Waals surface area contributed by atoms with Gasteiger partial charge in [0.25, 0.3) is 0 Å². The van der Waals surface area contributed by atoms with E-state index in [2.05, 4.69) is 51.8 Å². The molecule has 0 heterocycles. The van der Waals surface area contributed by atoms with Crippen LogP contribution in [0, 0.1) is 7.14 Å². The predicted molar refractivity (Wildman–Crippen MR) is 79.9 cm³/mol. The maximum absolute atomic E-state index is 9.88. The lowest BCUT2D eigenvalue weighted by Crippen LogP contribution is -2.11. The molecule has 0 bridgehead atoms. The van der Waals surface area contributed by atoms with Gasteiger partial charge in [-0.2, -0.15) is 0 Å². The van der Waals surface area contributed by atoms with Crippen molar-refractivity contribution in [2.75, 3.05) is 0 Å². The summed E-state index contributed by atoms with van der Waals surface area (Å²) in [6, 6.07) is 3.67. The average molecular weight is 429 g/mol. The second-order valence-corrected chi connectivity index (χ2v) is 6.00. The smallest absolute Gasteiger partial charge is 0.133 e. The lowest BCUT2D eigenvalue weighted by Gasteiger charge is -2.15. The Balaban J connectivity index is 3.07. The molecule has 0 saturated heterocycles. The summed E-state index contributed by atoms with van der Waals surface area (Å²) in [5, 5.41) is 9.88. The highest BCUT2D eigenvalue weighted by molar-refractivity contribution is 14.1. The van der Waals surface area contributed by atoms with Crippen molar-refractivity contribution in [3.63, 3.8) is 0 Å². The molecule has 1 atom stereocenters. The number of rotatable bonds is 3. The van der Waals surface area contributed by atoms with Gasteiger partial charge in [0, 0.05) is 15.2 Å². The monoisotopic (exact) mass is 429 g/mol. The van der Waals surface area contributed by atoms with Gasteiger partial charge in [0.15, 0.2) is 0 Å². The summed E-state index contributed by atoms with van der Waals surface area (Å²) in [6.45, 7) is 5.77. The highest BCUT2D eigenvalue weighted by Gasteiger charge is 2.14. The van der Waals surface area contributed by atoms with Crippen molar-refractivity contribution < 1.29 is 5.11 Å². The topological polar surface area (TPSA) is 46.2 Å². The second kappa shape index (κ2) is 5.49. The van der Waals surface area contributed by atoms with E-state index in [0.29, 0.717) is 12.2 Å². The number of phenolic OH excluding ortho intramolecular Hbond substituents is 1. The van der Waals surface area contributed by atoms with E-state index in [1.54, 1.807) is 0 Å². The number of benzene rings is 1. The zero-order chi connectivity index (χ0) is 11.6. The first-order valence-corrected chi connectivity index (χ1v) is 6.65. The minimum Gasteiger partial charge on any atom is -0.506 e. The lowest BCUT2D eigenvalue weighted by molar-refractivity contribution is 0.457. The molecule has 3 N–H and O–H groups in total. The molecule has 2 nitrogen and oxygen atoms in total. The molecular formula is C11H13I2NO. The van der Waals surface area contributed by atoms with Crippen LogP contribution in [0.5, 0.6) is 5.75 Å². The molecule has 1 rings (SSSR count). The van der Waals surface area contributed by atoms with E-state index >= 15 is 0 Å². The fourth-order valence-corrected chi connectivity index (χ4v) is 3.24. The number of nitrogens with two attached hydrogens (primary N) is 1. The summed E-state index contributed by atoms with van der Waals surface area (Å²) < 4.78 is 1.92. The maximum Gasteiger partial charge on any atom is 0.133 e. The van der Waals surface area contributed by atoms with Crippen LogP contribution in [0.3, 0.4) is 0 Å². The maximum atomic E-state index is 9.88. The van der Waals surface area contributed by atoms with Crippen molar-refractivity contribution in [1.82, 2.24) is 0 Å². The van der Waals surface area contributed by atoms with Crippen LogP contribution in [0.1, 0.15) is 24.9 Å². The minimum atomic E-state index is -0.175. The molecule has 0 unspecified atom stereocenters. The Morgan fingerprint density at radius 2 is 2.13 bits per heavy atom. The van der Waals surface area contributed by atoms with Gasteiger partial charge in [-0.3, -0.25) is 0 Å². The van der Waals surface area contributed by atoms with Gasteiger partial charge in [-0.15, -0.1) is 6.58 Å². The summed E-state index contributed by atoms with van der Waals surface area (Å²) in [5.41, 5.74) is 7.83. The molecule has 0 aliphatic heterocycles. The summed E-state index contributed by atoms with van der Waals surface area (Å²) in [6.07, 6.45) is 0.698. The SMILES string of the molecule is C=C(C)C[C@H](N)c1cc(I)cc(I)c1O. The van der Waals surface area contributed by atoms with Crippen molar-refractivity contribution in [2.45, 2.75) is 19.4 Å². The molecule has 0 aromatic heterocycles. The Kier molecular flexibility index (Phi) is 4.85. The molecule has 82 valence electrons. The summed E-state index contributed by atoms with van der Waals surface area (Å²) >= 11 is 4.33. The first kappa shape index (κ1) is 13.2. The van der Waals surface area contributed by atoms with Gasteiger partial charge in [-0.1, -0.05) is 5.57 Å². The van der Waals surface area contributed by atoms with Crippen molar-refractivity contribution in [3.05, 3.63) is 37.0 Å². The first-order valence-electron chi connectivity index (χ1n) is 4.49. The van der Waals surface area contributed by atoms with E-state index in [0.717, 1.165) is 18.3 Å². The Bertz CT molecular complexity index is 390. The zero-order valence-corrected chi connectivity index (χ0v) is 12.7. The zero-order valence-electron chi connectivity index (χ0n) is 8.43. The highest BCUT2D eigenvalue weighted by Crippen LogP contribution is 2.32. The standard InChI is InChI=1S/C11H13I2NO/c1-6(2)3-10(14)8-4-7(12)5-9(13)11(8)15/h4-5,10,15H,1,3,14H2,2H3/t10-/m0/s1. The third-order valence-corrected chi connectivity index (χ3v) is 3.47. The molecule has 15 heavy (non-hydrogen) atoms. The number of halogens is 2. The van der Waals surface area contributed by atoms with Gasteiger partial charge in [0.05, 0.1) is 3.57 Å². The first-order chi connectivity index (χ1) is 6.91. The number of hydrogen-bond acceptors (Lipinski definition) is 2. The quantitative estimate of drug-likeness (QED) is 0.571. The number of aromatic hydroxyl groups is 1. The van der Waals surface area contributed by atoms with Gasteiger partial charge in [-0.05, 0) is 70.7 Å². The van der Waals surface area contributed by atoms with Crippen LogP contribution in [0.4, 0.5) is 0 Å². The van der Waals surface area contributed by atoms with Crippen LogP contribution in [-0.4, -0.2) is 5.11 Å². The lowest BCUT2D eigenvalue weighted by atomic mass is 10.0. The van der Waals surface area contributed by atoms with Gasteiger partial charge in [-0.25, -0.2) is 0 Å². The van der Waals surface area contributed by atoms with Gasteiger partial charge >= 0.3 is 0 Å². The van der Waals surface area contributed by atoms with Crippen molar-refractivity contribution in [3.8, 4) is 5.75 Å². The normalized spacial score (nSPS) is 12.5. The fraction of sp³-hybridized carbons (Fsp3) is 0.273. The third kappa shape index (κ3) is 3.60. The van der Waals surface area contributed by atoms with E-state index in [1.165, 1.54) is 0 Å².